The quantitative estimate of drug-likeness (QED) is 0.608. The summed E-state index contributed by atoms with van der Waals surface area (Å²) in [5.74, 6) is 1.34. The molecule has 18 heavy (non-hydrogen) atoms. The lowest BCUT2D eigenvalue weighted by molar-refractivity contribution is -0.426. The van der Waals surface area contributed by atoms with Crippen molar-refractivity contribution in [3.8, 4) is 11.5 Å². The van der Waals surface area contributed by atoms with Crippen LogP contribution in [0, 0.1) is 10.1 Å². The van der Waals surface area contributed by atoms with Crippen molar-refractivity contribution in [2.75, 3.05) is 13.2 Å². The third kappa shape index (κ3) is 2.80. The molecule has 0 saturated heterocycles. The first kappa shape index (κ1) is 12.4. The third-order valence-corrected chi connectivity index (χ3v) is 2.64. The molecular formula is C13H15NO4. The number of allylic oxidation sites excluding steroid dienone is 1. The van der Waals surface area contributed by atoms with Gasteiger partial charge >= 0.3 is 0 Å². The van der Waals surface area contributed by atoms with Crippen LogP contribution in [0.25, 0.3) is 6.08 Å². The van der Waals surface area contributed by atoms with Crippen LogP contribution < -0.4 is 9.47 Å². The lowest BCUT2D eigenvalue weighted by atomic mass is 10.1. The third-order valence-electron chi connectivity index (χ3n) is 2.64. The highest BCUT2D eigenvalue weighted by Crippen LogP contribution is 2.31. The van der Waals surface area contributed by atoms with Crippen LogP contribution in [0.5, 0.6) is 11.5 Å². The van der Waals surface area contributed by atoms with Gasteiger partial charge in [0.1, 0.15) is 13.2 Å². The predicted octanol–water partition coefficient (Wildman–Crippen LogP) is 2.88. The molecule has 0 unspecified atom stereocenters. The fourth-order valence-electron chi connectivity index (χ4n) is 1.81. The molecule has 2 rings (SSSR count). The Bertz CT molecular complexity index is 482. The average molecular weight is 249 g/mol. The van der Waals surface area contributed by atoms with Gasteiger partial charge in [-0.3, -0.25) is 10.1 Å². The van der Waals surface area contributed by atoms with Gasteiger partial charge in [0.2, 0.25) is 5.70 Å². The summed E-state index contributed by atoms with van der Waals surface area (Å²) in [6.07, 6.45) is 2.79. The standard InChI is InChI=1S/C13H15NO4/c1-2-3-11(14(15)16)8-10-4-5-12-13(9-10)18-7-6-17-12/h4-5,8-9H,2-3,6-7H2,1H3/b11-8-. The van der Waals surface area contributed by atoms with Crippen molar-refractivity contribution in [3.05, 3.63) is 39.6 Å². The first-order valence-electron chi connectivity index (χ1n) is 5.95. The first-order chi connectivity index (χ1) is 8.70. The summed E-state index contributed by atoms with van der Waals surface area (Å²) in [4.78, 5) is 10.5. The smallest absolute Gasteiger partial charge is 0.246 e. The van der Waals surface area contributed by atoms with Crippen molar-refractivity contribution in [2.45, 2.75) is 19.8 Å². The Morgan fingerprint density at radius 2 is 2.11 bits per heavy atom. The van der Waals surface area contributed by atoms with Crippen LogP contribution in [0.4, 0.5) is 0 Å². The van der Waals surface area contributed by atoms with Crippen molar-refractivity contribution in [1.29, 1.82) is 0 Å². The summed E-state index contributed by atoms with van der Waals surface area (Å²) in [6, 6.07) is 5.35. The molecule has 1 aliphatic rings. The molecule has 1 aliphatic heterocycles. The van der Waals surface area contributed by atoms with Gasteiger partial charge in [0.15, 0.2) is 11.5 Å². The Kier molecular flexibility index (Phi) is 3.82. The molecule has 0 bridgehead atoms. The number of ether oxygens (including phenoxy) is 2. The van der Waals surface area contributed by atoms with Crippen molar-refractivity contribution in [2.24, 2.45) is 0 Å². The van der Waals surface area contributed by atoms with Gasteiger partial charge in [-0.05, 0) is 24.1 Å². The van der Waals surface area contributed by atoms with Crippen LogP contribution in [0.1, 0.15) is 25.3 Å². The summed E-state index contributed by atoms with van der Waals surface area (Å²) in [6.45, 7) is 2.97. The number of hydrogen-bond acceptors (Lipinski definition) is 4. The van der Waals surface area contributed by atoms with Crippen LogP contribution in [-0.4, -0.2) is 18.1 Å². The van der Waals surface area contributed by atoms with Crippen LogP contribution in [0.15, 0.2) is 23.9 Å². The summed E-state index contributed by atoms with van der Waals surface area (Å²) >= 11 is 0. The van der Waals surface area contributed by atoms with E-state index in [1.54, 1.807) is 24.3 Å². The van der Waals surface area contributed by atoms with Gasteiger partial charge in [-0.2, -0.15) is 0 Å². The van der Waals surface area contributed by atoms with Gasteiger partial charge in [-0.25, -0.2) is 0 Å². The molecule has 0 aromatic heterocycles. The van der Waals surface area contributed by atoms with Gasteiger partial charge in [-0.15, -0.1) is 0 Å². The van der Waals surface area contributed by atoms with Crippen molar-refractivity contribution >= 4 is 6.08 Å². The Morgan fingerprint density at radius 1 is 1.39 bits per heavy atom. The van der Waals surface area contributed by atoms with E-state index in [0.29, 0.717) is 31.1 Å². The second-order valence-electron chi connectivity index (χ2n) is 4.05. The fourth-order valence-corrected chi connectivity index (χ4v) is 1.81. The highest BCUT2D eigenvalue weighted by molar-refractivity contribution is 5.57. The molecule has 0 radical (unpaired) electrons. The molecule has 5 heteroatoms. The second-order valence-corrected chi connectivity index (χ2v) is 4.05. The summed E-state index contributed by atoms with van der Waals surface area (Å²) in [5.41, 5.74) is 0.980. The Labute approximate surface area is 105 Å². The van der Waals surface area contributed by atoms with Crippen molar-refractivity contribution < 1.29 is 14.4 Å². The molecule has 1 aromatic carbocycles. The van der Waals surface area contributed by atoms with E-state index in [0.717, 1.165) is 12.0 Å². The highest BCUT2D eigenvalue weighted by atomic mass is 16.6. The number of hydrogen-bond donors (Lipinski definition) is 0. The summed E-state index contributed by atoms with van der Waals surface area (Å²) in [7, 11) is 0. The molecule has 96 valence electrons. The molecule has 0 saturated carbocycles. The number of benzene rings is 1. The molecule has 5 nitrogen and oxygen atoms in total. The van der Waals surface area contributed by atoms with Gasteiger partial charge in [0.05, 0.1) is 4.92 Å². The van der Waals surface area contributed by atoms with E-state index in [-0.39, 0.29) is 10.6 Å². The second kappa shape index (κ2) is 5.53. The van der Waals surface area contributed by atoms with E-state index in [4.69, 9.17) is 9.47 Å². The van der Waals surface area contributed by atoms with E-state index in [1.165, 1.54) is 0 Å². The predicted molar refractivity (Wildman–Crippen MR) is 67.3 cm³/mol. The van der Waals surface area contributed by atoms with Gasteiger partial charge in [0, 0.05) is 12.5 Å². The monoisotopic (exact) mass is 249 g/mol. The Morgan fingerprint density at radius 3 is 2.78 bits per heavy atom. The van der Waals surface area contributed by atoms with Crippen LogP contribution in [-0.2, 0) is 0 Å². The molecule has 0 N–H and O–H groups in total. The van der Waals surface area contributed by atoms with Gasteiger partial charge in [0.25, 0.3) is 0 Å². The Balaban J connectivity index is 2.27. The maximum absolute atomic E-state index is 10.9. The van der Waals surface area contributed by atoms with Gasteiger partial charge < -0.3 is 9.47 Å². The number of fused-ring (bicyclic) bond motifs is 1. The zero-order chi connectivity index (χ0) is 13.0. The van der Waals surface area contributed by atoms with E-state index in [9.17, 15) is 10.1 Å². The fraction of sp³-hybridized carbons (Fsp3) is 0.385. The lowest BCUT2D eigenvalue weighted by Gasteiger charge is -2.18. The molecule has 0 fully saturated rings. The largest absolute Gasteiger partial charge is 0.486 e. The van der Waals surface area contributed by atoms with E-state index in [1.807, 2.05) is 6.92 Å². The minimum absolute atomic E-state index is 0.217. The maximum atomic E-state index is 10.9. The maximum Gasteiger partial charge on any atom is 0.246 e. The van der Waals surface area contributed by atoms with Crippen LogP contribution in [0.2, 0.25) is 0 Å². The summed E-state index contributed by atoms with van der Waals surface area (Å²) in [5, 5.41) is 10.9. The topological polar surface area (TPSA) is 61.6 Å². The normalized spacial score (nSPS) is 14.4. The van der Waals surface area contributed by atoms with Crippen LogP contribution >= 0.6 is 0 Å². The molecule has 0 amide bonds. The number of rotatable bonds is 4. The van der Waals surface area contributed by atoms with E-state index in [2.05, 4.69) is 0 Å². The molecular weight excluding hydrogens is 234 g/mol. The molecule has 0 atom stereocenters. The zero-order valence-corrected chi connectivity index (χ0v) is 10.2. The average Bonchev–Trinajstić information content (AvgIpc) is 2.38. The lowest BCUT2D eigenvalue weighted by Crippen LogP contribution is -2.15. The highest BCUT2D eigenvalue weighted by Gasteiger charge is 2.13. The SMILES string of the molecule is CCC/C(=C/c1ccc2c(c1)OCCO2)[N+](=O)[O-]. The van der Waals surface area contributed by atoms with E-state index >= 15 is 0 Å². The molecule has 0 spiro atoms. The van der Waals surface area contributed by atoms with Gasteiger partial charge in [-0.1, -0.05) is 13.0 Å². The molecule has 1 heterocycles. The zero-order valence-electron chi connectivity index (χ0n) is 10.2. The number of nitrogens with zero attached hydrogens (tertiary/aromatic N) is 1. The van der Waals surface area contributed by atoms with Crippen molar-refractivity contribution in [1.82, 2.24) is 0 Å². The molecule has 0 aliphatic carbocycles. The minimum atomic E-state index is -0.333. The first-order valence-corrected chi connectivity index (χ1v) is 5.95. The number of nitro groups is 1. The Hall–Kier alpha value is -2.04. The van der Waals surface area contributed by atoms with E-state index < -0.39 is 0 Å². The molecule has 1 aromatic rings. The van der Waals surface area contributed by atoms with Crippen molar-refractivity contribution in [3.63, 3.8) is 0 Å². The van der Waals surface area contributed by atoms with Crippen LogP contribution in [0.3, 0.4) is 0 Å². The summed E-state index contributed by atoms with van der Waals surface area (Å²) < 4.78 is 10.8. The minimum Gasteiger partial charge on any atom is -0.486 e.